The van der Waals surface area contributed by atoms with Crippen LogP contribution < -0.4 is 0 Å². The number of aromatic hydroxyl groups is 3. The summed E-state index contributed by atoms with van der Waals surface area (Å²) in [5, 5.41) is 29.5. The van der Waals surface area contributed by atoms with E-state index >= 15 is 0 Å². The predicted octanol–water partition coefficient (Wildman–Crippen LogP) is 1.89. The van der Waals surface area contributed by atoms with Crippen molar-refractivity contribution < 1.29 is 24.9 Å². The second-order valence-corrected chi connectivity index (χ2v) is 4.65. The zero-order chi connectivity index (χ0) is 14.6. The number of phenolic OH excluding ortho intramolecular Hbond substituents is 3. The first-order valence-corrected chi connectivity index (χ1v) is 5.90. The second kappa shape index (κ2) is 3.84. The van der Waals surface area contributed by atoms with Crippen LogP contribution in [0.1, 0.15) is 37.4 Å². The number of hydrogen-bond donors (Lipinski definition) is 3. The van der Waals surface area contributed by atoms with Gasteiger partial charge in [-0.2, -0.15) is 0 Å². The Balaban J connectivity index is 2.42. The highest BCUT2D eigenvalue weighted by Crippen LogP contribution is 2.40. The molecule has 1 aliphatic rings. The number of rotatable bonds is 0. The molecular formula is C15H10O5. The normalized spacial score (nSPS) is 13.1. The van der Waals surface area contributed by atoms with E-state index in [4.69, 9.17) is 0 Å². The first-order valence-electron chi connectivity index (χ1n) is 5.90. The number of benzene rings is 2. The van der Waals surface area contributed by atoms with E-state index < -0.39 is 17.3 Å². The standard InChI is InChI=1S/C15H10O5/c1-6-10(17)5-8-12(13(6)18)15(20)11-7(14(8)19)3-2-4-9(11)16/h2-5,16-18H,1H3. The minimum Gasteiger partial charge on any atom is -0.508 e. The molecule has 0 unspecified atom stereocenters. The molecule has 5 nitrogen and oxygen atoms in total. The highest BCUT2D eigenvalue weighted by Gasteiger charge is 2.35. The Morgan fingerprint density at radius 1 is 0.850 bits per heavy atom. The van der Waals surface area contributed by atoms with E-state index in [1.54, 1.807) is 0 Å². The van der Waals surface area contributed by atoms with Gasteiger partial charge in [0, 0.05) is 16.7 Å². The summed E-state index contributed by atoms with van der Waals surface area (Å²) in [6.45, 7) is 1.43. The molecular weight excluding hydrogens is 260 g/mol. The quantitative estimate of drug-likeness (QED) is 0.579. The third-order valence-corrected chi connectivity index (χ3v) is 3.51. The number of carbonyl (C=O) groups is 2. The summed E-state index contributed by atoms with van der Waals surface area (Å²) in [5.41, 5.74) is -0.188. The highest BCUT2D eigenvalue weighted by molar-refractivity contribution is 6.30. The Labute approximate surface area is 113 Å². The van der Waals surface area contributed by atoms with Gasteiger partial charge in [-0.05, 0) is 19.1 Å². The molecule has 0 aliphatic heterocycles. The highest BCUT2D eigenvalue weighted by atomic mass is 16.3. The third-order valence-electron chi connectivity index (χ3n) is 3.51. The Kier molecular flexibility index (Phi) is 2.34. The van der Waals surface area contributed by atoms with Gasteiger partial charge in [0.25, 0.3) is 0 Å². The lowest BCUT2D eigenvalue weighted by Crippen LogP contribution is -2.21. The second-order valence-electron chi connectivity index (χ2n) is 4.65. The Morgan fingerprint density at radius 3 is 2.25 bits per heavy atom. The number of carbonyl (C=O) groups excluding carboxylic acids is 2. The van der Waals surface area contributed by atoms with E-state index in [2.05, 4.69) is 0 Å². The van der Waals surface area contributed by atoms with Gasteiger partial charge in [0.1, 0.15) is 17.2 Å². The van der Waals surface area contributed by atoms with Crippen molar-refractivity contribution >= 4 is 11.6 Å². The van der Waals surface area contributed by atoms with Crippen LogP contribution in [0.15, 0.2) is 24.3 Å². The smallest absolute Gasteiger partial charge is 0.201 e. The monoisotopic (exact) mass is 270 g/mol. The lowest BCUT2D eigenvalue weighted by atomic mass is 9.82. The Morgan fingerprint density at radius 2 is 1.55 bits per heavy atom. The first kappa shape index (κ1) is 12.2. The molecule has 100 valence electrons. The van der Waals surface area contributed by atoms with Crippen molar-refractivity contribution in [3.05, 3.63) is 52.1 Å². The molecule has 20 heavy (non-hydrogen) atoms. The molecule has 0 amide bonds. The van der Waals surface area contributed by atoms with Gasteiger partial charge in [0.05, 0.1) is 11.1 Å². The predicted molar refractivity (Wildman–Crippen MR) is 69.5 cm³/mol. The summed E-state index contributed by atoms with van der Waals surface area (Å²) in [6.07, 6.45) is 0. The molecule has 3 rings (SSSR count). The molecule has 3 N–H and O–H groups in total. The fraction of sp³-hybridized carbons (Fsp3) is 0.0667. The molecule has 5 heteroatoms. The Bertz CT molecular complexity index is 789. The van der Waals surface area contributed by atoms with E-state index in [1.165, 1.54) is 25.1 Å². The third kappa shape index (κ3) is 1.37. The van der Waals surface area contributed by atoms with Crippen LogP contribution in [-0.4, -0.2) is 26.9 Å². The summed E-state index contributed by atoms with van der Waals surface area (Å²) in [6, 6.07) is 5.35. The Hall–Kier alpha value is -2.82. The average molecular weight is 270 g/mol. The van der Waals surface area contributed by atoms with Crippen molar-refractivity contribution in [1.82, 2.24) is 0 Å². The zero-order valence-electron chi connectivity index (χ0n) is 10.5. The lowest BCUT2D eigenvalue weighted by molar-refractivity contribution is 0.0974. The molecule has 2 aromatic rings. The van der Waals surface area contributed by atoms with Gasteiger partial charge < -0.3 is 15.3 Å². The largest absolute Gasteiger partial charge is 0.508 e. The van der Waals surface area contributed by atoms with Gasteiger partial charge in [-0.3, -0.25) is 9.59 Å². The minimum atomic E-state index is -0.631. The average Bonchev–Trinajstić information content (AvgIpc) is 2.41. The molecule has 0 aromatic heterocycles. The van der Waals surface area contributed by atoms with Gasteiger partial charge in [-0.15, -0.1) is 0 Å². The maximum Gasteiger partial charge on any atom is 0.201 e. The van der Waals surface area contributed by atoms with E-state index in [-0.39, 0.29) is 39.3 Å². The topological polar surface area (TPSA) is 94.8 Å². The fourth-order valence-electron chi connectivity index (χ4n) is 2.40. The molecule has 1 aliphatic carbocycles. The van der Waals surface area contributed by atoms with Gasteiger partial charge in [0.2, 0.25) is 5.78 Å². The molecule has 0 heterocycles. The van der Waals surface area contributed by atoms with E-state index in [0.29, 0.717) is 0 Å². The molecule has 0 spiro atoms. The summed E-state index contributed by atoms with van der Waals surface area (Å²) in [4.78, 5) is 24.7. The van der Waals surface area contributed by atoms with Crippen LogP contribution in [0.4, 0.5) is 0 Å². The van der Waals surface area contributed by atoms with Crippen molar-refractivity contribution in [1.29, 1.82) is 0 Å². The lowest BCUT2D eigenvalue weighted by Gasteiger charge is -2.20. The van der Waals surface area contributed by atoms with Crippen LogP contribution in [-0.2, 0) is 0 Å². The van der Waals surface area contributed by atoms with Gasteiger partial charge in [0.15, 0.2) is 5.78 Å². The van der Waals surface area contributed by atoms with Crippen LogP contribution in [0.5, 0.6) is 17.2 Å². The van der Waals surface area contributed by atoms with Crippen LogP contribution in [0, 0.1) is 6.92 Å². The molecule has 0 fully saturated rings. The van der Waals surface area contributed by atoms with E-state index in [0.717, 1.165) is 6.07 Å². The molecule has 0 saturated carbocycles. The summed E-state index contributed by atoms with van der Waals surface area (Å²) < 4.78 is 0. The number of hydrogen-bond acceptors (Lipinski definition) is 5. The molecule has 0 atom stereocenters. The fourth-order valence-corrected chi connectivity index (χ4v) is 2.40. The molecule has 0 bridgehead atoms. The SMILES string of the molecule is Cc1c(O)cc2c(c1O)C(=O)c1c(O)cccc1C2=O. The number of phenols is 3. The molecule has 0 radical (unpaired) electrons. The van der Waals surface area contributed by atoms with Crippen LogP contribution in [0.25, 0.3) is 0 Å². The van der Waals surface area contributed by atoms with Crippen LogP contribution in [0.2, 0.25) is 0 Å². The van der Waals surface area contributed by atoms with Crippen LogP contribution in [0.3, 0.4) is 0 Å². The van der Waals surface area contributed by atoms with Gasteiger partial charge in [-0.25, -0.2) is 0 Å². The van der Waals surface area contributed by atoms with Crippen molar-refractivity contribution in [2.24, 2.45) is 0 Å². The summed E-state index contributed by atoms with van der Waals surface area (Å²) in [5.74, 6) is -2.15. The zero-order valence-corrected chi connectivity index (χ0v) is 10.5. The first-order chi connectivity index (χ1) is 9.43. The van der Waals surface area contributed by atoms with Gasteiger partial charge >= 0.3 is 0 Å². The van der Waals surface area contributed by atoms with Gasteiger partial charge in [-0.1, -0.05) is 12.1 Å². The van der Waals surface area contributed by atoms with Crippen molar-refractivity contribution in [2.45, 2.75) is 6.92 Å². The van der Waals surface area contributed by atoms with E-state index in [1.807, 2.05) is 0 Å². The summed E-state index contributed by atoms with van der Waals surface area (Å²) >= 11 is 0. The number of ketones is 2. The maximum absolute atomic E-state index is 12.4. The van der Waals surface area contributed by atoms with Crippen molar-refractivity contribution in [3.63, 3.8) is 0 Å². The van der Waals surface area contributed by atoms with E-state index in [9.17, 15) is 24.9 Å². The molecule has 0 saturated heterocycles. The minimum absolute atomic E-state index is 0.0603. The van der Waals surface area contributed by atoms with Crippen molar-refractivity contribution in [3.8, 4) is 17.2 Å². The summed E-state index contributed by atoms with van der Waals surface area (Å²) in [7, 11) is 0. The maximum atomic E-state index is 12.4. The molecule has 2 aromatic carbocycles. The van der Waals surface area contributed by atoms with Crippen LogP contribution >= 0.6 is 0 Å². The number of fused-ring (bicyclic) bond motifs is 2. The van der Waals surface area contributed by atoms with Crippen molar-refractivity contribution in [2.75, 3.05) is 0 Å².